The Bertz CT molecular complexity index is 620. The number of fused-ring (bicyclic) bond motifs is 1. The van der Waals surface area contributed by atoms with Crippen molar-refractivity contribution in [2.24, 2.45) is 0 Å². The standard InChI is InChI=1S/C14H15FN2O2/c1-14(2,3)19-13(18)17-10-7-9-5-4-6-11(15)12(9)16-8-10/h4-8H,1-3H3,(H,17,18). The Morgan fingerprint density at radius 2 is 2.11 bits per heavy atom. The van der Waals surface area contributed by atoms with Crippen LogP contribution in [0.3, 0.4) is 0 Å². The van der Waals surface area contributed by atoms with Crippen LogP contribution in [0.25, 0.3) is 10.9 Å². The van der Waals surface area contributed by atoms with Crippen LogP contribution in [0, 0.1) is 5.82 Å². The van der Waals surface area contributed by atoms with Crippen molar-refractivity contribution in [1.29, 1.82) is 0 Å². The summed E-state index contributed by atoms with van der Waals surface area (Å²) in [6.07, 6.45) is 0.833. The van der Waals surface area contributed by atoms with E-state index >= 15 is 0 Å². The van der Waals surface area contributed by atoms with E-state index in [0.717, 1.165) is 0 Å². The molecule has 1 N–H and O–H groups in total. The lowest BCUT2D eigenvalue weighted by Crippen LogP contribution is -2.27. The van der Waals surface area contributed by atoms with Gasteiger partial charge in [0.15, 0.2) is 0 Å². The molecule has 0 radical (unpaired) electrons. The van der Waals surface area contributed by atoms with Crippen LogP contribution in [0.1, 0.15) is 20.8 Å². The molecule has 0 saturated carbocycles. The van der Waals surface area contributed by atoms with Gasteiger partial charge < -0.3 is 4.74 Å². The Hall–Kier alpha value is -2.17. The number of anilines is 1. The summed E-state index contributed by atoms with van der Waals surface area (Å²) in [4.78, 5) is 15.6. The first-order chi connectivity index (χ1) is 8.85. The normalized spacial score (nSPS) is 11.4. The fourth-order valence-corrected chi connectivity index (χ4v) is 1.61. The summed E-state index contributed by atoms with van der Waals surface area (Å²) < 4.78 is 18.6. The zero-order valence-electron chi connectivity index (χ0n) is 11.0. The van der Waals surface area contributed by atoms with Gasteiger partial charge in [-0.1, -0.05) is 12.1 Å². The minimum Gasteiger partial charge on any atom is -0.444 e. The molecular weight excluding hydrogens is 247 g/mol. The molecule has 4 nitrogen and oxygen atoms in total. The van der Waals surface area contributed by atoms with Crippen molar-refractivity contribution in [1.82, 2.24) is 4.98 Å². The van der Waals surface area contributed by atoms with Crippen LogP contribution in [0.5, 0.6) is 0 Å². The third-order valence-electron chi connectivity index (χ3n) is 2.31. The number of nitrogens with zero attached hydrogens (tertiary/aromatic N) is 1. The van der Waals surface area contributed by atoms with Crippen LogP contribution in [-0.2, 0) is 4.74 Å². The van der Waals surface area contributed by atoms with E-state index in [4.69, 9.17) is 4.74 Å². The number of hydrogen-bond acceptors (Lipinski definition) is 3. The van der Waals surface area contributed by atoms with E-state index in [0.29, 0.717) is 11.1 Å². The second-order valence-electron chi connectivity index (χ2n) is 5.16. The number of halogens is 1. The number of hydrogen-bond donors (Lipinski definition) is 1. The summed E-state index contributed by atoms with van der Waals surface area (Å²) in [6.45, 7) is 5.34. The lowest BCUT2D eigenvalue weighted by atomic mass is 10.2. The number of benzene rings is 1. The maximum absolute atomic E-state index is 13.4. The number of nitrogens with one attached hydrogen (secondary N) is 1. The number of pyridine rings is 1. The Balaban J connectivity index is 2.20. The Labute approximate surface area is 110 Å². The molecule has 1 heterocycles. The van der Waals surface area contributed by atoms with Gasteiger partial charge in [-0.05, 0) is 32.9 Å². The lowest BCUT2D eigenvalue weighted by molar-refractivity contribution is 0.0636. The maximum atomic E-state index is 13.4. The van der Waals surface area contributed by atoms with Crippen LogP contribution in [-0.4, -0.2) is 16.7 Å². The molecule has 2 rings (SSSR count). The SMILES string of the molecule is CC(C)(C)OC(=O)Nc1cnc2c(F)cccc2c1. The van der Waals surface area contributed by atoms with Crippen LogP contribution in [0.2, 0.25) is 0 Å². The second kappa shape index (κ2) is 4.84. The summed E-state index contributed by atoms with van der Waals surface area (Å²) >= 11 is 0. The lowest BCUT2D eigenvalue weighted by Gasteiger charge is -2.19. The van der Waals surface area contributed by atoms with Gasteiger partial charge in [-0.15, -0.1) is 0 Å². The first-order valence-corrected chi connectivity index (χ1v) is 5.89. The van der Waals surface area contributed by atoms with E-state index in [1.807, 2.05) is 0 Å². The molecule has 100 valence electrons. The average Bonchev–Trinajstić information content (AvgIpc) is 2.26. The molecule has 0 atom stereocenters. The highest BCUT2D eigenvalue weighted by molar-refractivity contribution is 5.89. The fraction of sp³-hybridized carbons (Fsp3) is 0.286. The van der Waals surface area contributed by atoms with Gasteiger partial charge in [0.1, 0.15) is 16.9 Å². The van der Waals surface area contributed by atoms with Gasteiger partial charge >= 0.3 is 6.09 Å². The predicted octanol–water partition coefficient (Wildman–Crippen LogP) is 3.72. The van der Waals surface area contributed by atoms with Crippen molar-refractivity contribution in [3.63, 3.8) is 0 Å². The van der Waals surface area contributed by atoms with E-state index in [9.17, 15) is 9.18 Å². The number of aromatic nitrogens is 1. The third-order valence-corrected chi connectivity index (χ3v) is 2.31. The van der Waals surface area contributed by atoms with Crippen molar-refractivity contribution in [2.45, 2.75) is 26.4 Å². The zero-order valence-corrected chi connectivity index (χ0v) is 11.0. The Morgan fingerprint density at radius 1 is 1.37 bits per heavy atom. The van der Waals surface area contributed by atoms with Crippen molar-refractivity contribution in [3.05, 3.63) is 36.3 Å². The number of carbonyl (C=O) groups is 1. The first kappa shape index (κ1) is 13.3. The Kier molecular flexibility index (Phi) is 3.38. The first-order valence-electron chi connectivity index (χ1n) is 5.89. The highest BCUT2D eigenvalue weighted by Gasteiger charge is 2.16. The van der Waals surface area contributed by atoms with Gasteiger partial charge in [0.2, 0.25) is 0 Å². The molecule has 1 amide bonds. The highest BCUT2D eigenvalue weighted by atomic mass is 19.1. The van der Waals surface area contributed by atoms with Crippen LogP contribution >= 0.6 is 0 Å². The molecular formula is C14H15FN2O2. The van der Waals surface area contributed by atoms with Crippen LogP contribution in [0.15, 0.2) is 30.5 Å². The van der Waals surface area contributed by atoms with Crippen molar-refractivity contribution >= 4 is 22.7 Å². The molecule has 19 heavy (non-hydrogen) atoms. The molecule has 1 aromatic carbocycles. The molecule has 0 fully saturated rings. The zero-order chi connectivity index (χ0) is 14.0. The van der Waals surface area contributed by atoms with Crippen LogP contribution in [0.4, 0.5) is 14.9 Å². The van der Waals surface area contributed by atoms with Crippen molar-refractivity contribution in [3.8, 4) is 0 Å². The number of carbonyl (C=O) groups excluding carboxylic acids is 1. The van der Waals surface area contributed by atoms with Crippen LogP contribution < -0.4 is 5.32 Å². The highest BCUT2D eigenvalue weighted by Crippen LogP contribution is 2.19. The monoisotopic (exact) mass is 262 g/mol. The Morgan fingerprint density at radius 3 is 2.79 bits per heavy atom. The number of amides is 1. The smallest absolute Gasteiger partial charge is 0.412 e. The summed E-state index contributed by atoms with van der Waals surface area (Å²) in [5.74, 6) is -0.388. The summed E-state index contributed by atoms with van der Waals surface area (Å²) in [6, 6.07) is 6.31. The molecule has 0 aliphatic carbocycles. The molecule has 0 saturated heterocycles. The van der Waals surface area contributed by atoms with E-state index < -0.39 is 11.7 Å². The van der Waals surface area contributed by atoms with Gasteiger partial charge in [-0.25, -0.2) is 9.18 Å². The summed E-state index contributed by atoms with van der Waals surface area (Å²) in [5.41, 5.74) is 0.171. The molecule has 0 aliphatic heterocycles. The van der Waals surface area contributed by atoms with E-state index in [-0.39, 0.29) is 11.3 Å². The fourth-order valence-electron chi connectivity index (χ4n) is 1.61. The topological polar surface area (TPSA) is 51.2 Å². The molecule has 2 aromatic rings. The molecule has 0 aliphatic rings. The minimum atomic E-state index is -0.569. The van der Waals surface area contributed by atoms with Gasteiger partial charge in [-0.2, -0.15) is 0 Å². The molecule has 1 aromatic heterocycles. The van der Waals surface area contributed by atoms with Gasteiger partial charge in [0, 0.05) is 5.39 Å². The average molecular weight is 262 g/mol. The van der Waals surface area contributed by atoms with Crippen molar-refractivity contribution in [2.75, 3.05) is 5.32 Å². The molecule has 0 bridgehead atoms. The quantitative estimate of drug-likeness (QED) is 0.852. The molecule has 5 heteroatoms. The van der Waals surface area contributed by atoms with E-state index in [1.54, 1.807) is 39.0 Å². The minimum absolute atomic E-state index is 0.275. The van der Waals surface area contributed by atoms with Gasteiger partial charge in [-0.3, -0.25) is 10.3 Å². The van der Waals surface area contributed by atoms with Crippen molar-refractivity contribution < 1.29 is 13.9 Å². The van der Waals surface area contributed by atoms with E-state index in [2.05, 4.69) is 10.3 Å². The number of ether oxygens (including phenoxy) is 1. The summed E-state index contributed by atoms with van der Waals surface area (Å²) in [7, 11) is 0. The van der Waals surface area contributed by atoms with Gasteiger partial charge in [0.05, 0.1) is 11.9 Å². The largest absolute Gasteiger partial charge is 0.444 e. The number of para-hydroxylation sites is 1. The molecule has 0 spiro atoms. The maximum Gasteiger partial charge on any atom is 0.412 e. The third kappa shape index (κ3) is 3.40. The number of rotatable bonds is 1. The molecule has 0 unspecified atom stereocenters. The van der Waals surface area contributed by atoms with E-state index in [1.165, 1.54) is 12.3 Å². The predicted molar refractivity (Wildman–Crippen MR) is 71.6 cm³/mol. The summed E-state index contributed by atoms with van der Waals surface area (Å²) in [5, 5.41) is 3.18. The van der Waals surface area contributed by atoms with Gasteiger partial charge in [0.25, 0.3) is 0 Å². The second-order valence-corrected chi connectivity index (χ2v) is 5.16.